The first-order chi connectivity index (χ1) is 8.66. The van der Waals surface area contributed by atoms with Crippen molar-refractivity contribution in [2.75, 3.05) is 6.54 Å². The third-order valence-corrected chi connectivity index (χ3v) is 5.03. The highest BCUT2D eigenvalue weighted by molar-refractivity contribution is 5.83. The number of amides is 1. The van der Waals surface area contributed by atoms with Gasteiger partial charge in [0, 0.05) is 12.6 Å². The van der Waals surface area contributed by atoms with Gasteiger partial charge in [-0.25, -0.2) is 0 Å². The molecule has 3 heteroatoms. The summed E-state index contributed by atoms with van der Waals surface area (Å²) in [5.41, 5.74) is 5.66. The van der Waals surface area contributed by atoms with Crippen molar-refractivity contribution in [2.24, 2.45) is 17.1 Å². The minimum absolute atomic E-state index is 0.240. The zero-order valence-electron chi connectivity index (χ0n) is 11.7. The minimum atomic E-state index is -0.249. The highest BCUT2D eigenvalue weighted by atomic mass is 16.2. The Hall–Kier alpha value is -0.570. The van der Waals surface area contributed by atoms with Crippen LogP contribution in [-0.4, -0.2) is 18.5 Å². The Morgan fingerprint density at radius 1 is 1.17 bits per heavy atom. The number of carbonyl (C=O) groups excluding carboxylic acids is 1. The van der Waals surface area contributed by atoms with E-state index in [1.165, 1.54) is 19.3 Å². The molecule has 0 aromatic rings. The van der Waals surface area contributed by atoms with Gasteiger partial charge < -0.3 is 11.1 Å². The van der Waals surface area contributed by atoms with E-state index < -0.39 is 0 Å². The number of carbonyl (C=O) groups is 1. The zero-order valence-corrected chi connectivity index (χ0v) is 11.7. The van der Waals surface area contributed by atoms with Crippen LogP contribution in [0.15, 0.2) is 0 Å². The fraction of sp³-hybridized carbons (Fsp3) is 0.933. The van der Waals surface area contributed by atoms with E-state index in [-0.39, 0.29) is 11.3 Å². The lowest BCUT2D eigenvalue weighted by atomic mass is 9.73. The Balaban J connectivity index is 1.89. The van der Waals surface area contributed by atoms with E-state index >= 15 is 0 Å². The van der Waals surface area contributed by atoms with Gasteiger partial charge in [0.05, 0.1) is 5.41 Å². The van der Waals surface area contributed by atoms with E-state index in [0.717, 1.165) is 44.4 Å². The summed E-state index contributed by atoms with van der Waals surface area (Å²) in [4.78, 5) is 12.5. The molecule has 104 valence electrons. The normalized spacial score (nSPS) is 31.9. The molecule has 0 bridgehead atoms. The third-order valence-electron chi connectivity index (χ3n) is 5.03. The van der Waals surface area contributed by atoms with Gasteiger partial charge in [-0.3, -0.25) is 4.79 Å². The Morgan fingerprint density at radius 2 is 1.78 bits per heavy atom. The number of hydrogen-bond donors (Lipinski definition) is 2. The van der Waals surface area contributed by atoms with Crippen molar-refractivity contribution in [3.63, 3.8) is 0 Å². The molecule has 0 spiro atoms. The van der Waals surface area contributed by atoms with Crippen LogP contribution in [0.1, 0.15) is 64.7 Å². The lowest BCUT2D eigenvalue weighted by Crippen LogP contribution is -2.50. The molecule has 2 rings (SSSR count). The molecule has 0 aromatic carbocycles. The van der Waals surface area contributed by atoms with E-state index in [4.69, 9.17) is 5.73 Å². The first-order valence-corrected chi connectivity index (χ1v) is 7.67. The molecule has 2 aliphatic rings. The molecule has 2 saturated carbocycles. The van der Waals surface area contributed by atoms with Crippen LogP contribution in [0.25, 0.3) is 0 Å². The zero-order chi connectivity index (χ0) is 13.0. The van der Waals surface area contributed by atoms with Crippen molar-refractivity contribution in [3.8, 4) is 0 Å². The maximum Gasteiger partial charge on any atom is 0.227 e. The molecule has 2 aliphatic carbocycles. The average Bonchev–Trinajstić information content (AvgIpc) is 2.42. The van der Waals surface area contributed by atoms with Crippen LogP contribution in [0.2, 0.25) is 0 Å². The predicted molar refractivity (Wildman–Crippen MR) is 74.1 cm³/mol. The Kier molecular flexibility index (Phi) is 4.66. The second-order valence-electron chi connectivity index (χ2n) is 6.48. The van der Waals surface area contributed by atoms with Crippen molar-refractivity contribution in [1.29, 1.82) is 0 Å². The van der Waals surface area contributed by atoms with Crippen molar-refractivity contribution in [3.05, 3.63) is 0 Å². The topological polar surface area (TPSA) is 55.1 Å². The van der Waals surface area contributed by atoms with Crippen LogP contribution in [0.4, 0.5) is 0 Å². The Morgan fingerprint density at radius 3 is 2.33 bits per heavy atom. The highest BCUT2D eigenvalue weighted by Gasteiger charge is 2.39. The summed E-state index contributed by atoms with van der Waals surface area (Å²) in [5, 5.41) is 3.28. The summed E-state index contributed by atoms with van der Waals surface area (Å²) in [6.45, 7) is 2.82. The minimum Gasteiger partial charge on any atom is -0.353 e. The standard InChI is InChI=1S/C15H28N2O/c1-12-5-7-13(8-6-12)17-14(18)15(11-16)9-3-2-4-10-15/h12-13H,2-11,16H2,1H3,(H,17,18). The molecule has 3 N–H and O–H groups in total. The Bertz CT molecular complexity index is 276. The molecule has 18 heavy (non-hydrogen) atoms. The number of hydrogen-bond acceptors (Lipinski definition) is 2. The predicted octanol–water partition coefficient (Wildman–Crippen LogP) is 2.59. The van der Waals surface area contributed by atoms with E-state index in [2.05, 4.69) is 12.2 Å². The summed E-state index contributed by atoms with van der Waals surface area (Å²) >= 11 is 0. The fourth-order valence-corrected chi connectivity index (χ4v) is 3.50. The number of nitrogens with two attached hydrogens (primary N) is 1. The van der Waals surface area contributed by atoms with Gasteiger partial charge in [-0.1, -0.05) is 26.2 Å². The largest absolute Gasteiger partial charge is 0.353 e. The molecular weight excluding hydrogens is 224 g/mol. The summed E-state index contributed by atoms with van der Waals surface area (Å²) < 4.78 is 0. The molecule has 0 heterocycles. The molecule has 0 aromatic heterocycles. The lowest BCUT2D eigenvalue weighted by molar-refractivity contribution is -0.133. The van der Waals surface area contributed by atoms with E-state index in [1.807, 2.05) is 0 Å². The van der Waals surface area contributed by atoms with Crippen molar-refractivity contribution in [1.82, 2.24) is 5.32 Å². The van der Waals surface area contributed by atoms with Crippen molar-refractivity contribution >= 4 is 5.91 Å². The SMILES string of the molecule is CC1CCC(NC(=O)C2(CN)CCCCC2)CC1. The second-order valence-corrected chi connectivity index (χ2v) is 6.48. The van der Waals surface area contributed by atoms with Gasteiger partial charge in [0.1, 0.15) is 0 Å². The number of rotatable bonds is 3. The molecular formula is C15H28N2O. The molecule has 0 aliphatic heterocycles. The monoisotopic (exact) mass is 252 g/mol. The van der Waals surface area contributed by atoms with Crippen LogP contribution in [0, 0.1) is 11.3 Å². The van der Waals surface area contributed by atoms with E-state index in [9.17, 15) is 4.79 Å². The van der Waals surface area contributed by atoms with Gasteiger partial charge >= 0.3 is 0 Å². The maximum absolute atomic E-state index is 12.5. The highest BCUT2D eigenvalue weighted by Crippen LogP contribution is 2.36. The van der Waals surface area contributed by atoms with E-state index in [0.29, 0.717) is 12.6 Å². The summed E-state index contributed by atoms with van der Waals surface area (Å²) in [7, 11) is 0. The Labute approximate surface area is 111 Å². The maximum atomic E-state index is 12.5. The van der Waals surface area contributed by atoms with Gasteiger partial charge in [-0.15, -0.1) is 0 Å². The van der Waals surface area contributed by atoms with Crippen molar-refractivity contribution in [2.45, 2.75) is 70.8 Å². The van der Waals surface area contributed by atoms with Gasteiger partial charge in [0.25, 0.3) is 0 Å². The molecule has 0 saturated heterocycles. The summed E-state index contributed by atoms with van der Waals surface area (Å²) in [6.07, 6.45) is 10.3. The smallest absolute Gasteiger partial charge is 0.227 e. The van der Waals surface area contributed by atoms with Gasteiger partial charge in [-0.05, 0) is 44.4 Å². The van der Waals surface area contributed by atoms with Crippen molar-refractivity contribution < 1.29 is 4.79 Å². The molecule has 0 atom stereocenters. The lowest BCUT2D eigenvalue weighted by Gasteiger charge is -2.37. The van der Waals surface area contributed by atoms with Gasteiger partial charge in [-0.2, -0.15) is 0 Å². The van der Waals surface area contributed by atoms with Gasteiger partial charge in [0.15, 0.2) is 0 Å². The van der Waals surface area contributed by atoms with Crippen LogP contribution in [0.5, 0.6) is 0 Å². The summed E-state index contributed by atoms with van der Waals surface area (Å²) in [5.74, 6) is 1.07. The first-order valence-electron chi connectivity index (χ1n) is 7.67. The summed E-state index contributed by atoms with van der Waals surface area (Å²) in [6, 6.07) is 0.402. The molecule has 3 nitrogen and oxygen atoms in total. The van der Waals surface area contributed by atoms with Crippen LogP contribution in [-0.2, 0) is 4.79 Å². The first kappa shape index (κ1) is 13.9. The van der Waals surface area contributed by atoms with Crippen LogP contribution in [0.3, 0.4) is 0 Å². The molecule has 2 fully saturated rings. The number of nitrogens with one attached hydrogen (secondary N) is 1. The molecule has 0 radical (unpaired) electrons. The second kappa shape index (κ2) is 6.05. The fourth-order valence-electron chi connectivity index (χ4n) is 3.50. The van der Waals surface area contributed by atoms with Crippen LogP contribution < -0.4 is 11.1 Å². The van der Waals surface area contributed by atoms with Crippen LogP contribution >= 0.6 is 0 Å². The van der Waals surface area contributed by atoms with Gasteiger partial charge in [0.2, 0.25) is 5.91 Å². The van der Waals surface area contributed by atoms with E-state index in [1.54, 1.807) is 0 Å². The molecule has 1 amide bonds. The molecule has 0 unspecified atom stereocenters. The third kappa shape index (κ3) is 3.05. The average molecular weight is 252 g/mol. The quantitative estimate of drug-likeness (QED) is 0.811.